The van der Waals surface area contributed by atoms with Crippen LogP contribution in [0, 0.1) is 23.7 Å². The van der Waals surface area contributed by atoms with E-state index in [2.05, 4.69) is 0 Å². The van der Waals surface area contributed by atoms with E-state index in [0.717, 1.165) is 11.8 Å². The molecule has 3 aliphatic rings. The van der Waals surface area contributed by atoms with Crippen LogP contribution in [0.1, 0.15) is 51.4 Å². The van der Waals surface area contributed by atoms with Crippen molar-refractivity contribution in [3.8, 4) is 0 Å². The van der Waals surface area contributed by atoms with Gasteiger partial charge in [-0.1, -0.05) is 19.3 Å². The lowest BCUT2D eigenvalue weighted by molar-refractivity contribution is 0.148. The van der Waals surface area contributed by atoms with E-state index in [1.54, 1.807) is 51.4 Å². The molecule has 0 nitrogen and oxygen atoms in total. The minimum absolute atomic E-state index is 1.15. The Morgan fingerprint density at radius 1 is 0.583 bits per heavy atom. The number of hydrogen-bond acceptors (Lipinski definition) is 0. The molecule has 0 saturated heterocycles. The van der Waals surface area contributed by atoms with Gasteiger partial charge in [-0.15, -0.1) is 0 Å². The number of fused-ring (bicyclic) bond motifs is 3. The topological polar surface area (TPSA) is 0 Å². The Labute approximate surface area is 75.7 Å². The van der Waals surface area contributed by atoms with Gasteiger partial charge >= 0.3 is 0 Å². The molecule has 68 valence electrons. The fraction of sp³-hybridized carbons (Fsp3) is 1.00. The van der Waals surface area contributed by atoms with Gasteiger partial charge in [-0.2, -0.15) is 0 Å². The van der Waals surface area contributed by atoms with Gasteiger partial charge in [-0.3, -0.25) is 0 Å². The normalized spacial score (nSPS) is 52.0. The van der Waals surface area contributed by atoms with E-state index in [9.17, 15) is 0 Å². The van der Waals surface area contributed by atoms with E-state index in [4.69, 9.17) is 0 Å². The molecular weight excluding hydrogens is 144 g/mol. The molecule has 0 spiro atoms. The van der Waals surface area contributed by atoms with Crippen LogP contribution in [0.5, 0.6) is 0 Å². The molecule has 3 saturated carbocycles. The van der Waals surface area contributed by atoms with Gasteiger partial charge in [0, 0.05) is 0 Å². The molecule has 0 radical (unpaired) electrons. The fourth-order valence-electron chi connectivity index (χ4n) is 3.95. The van der Waals surface area contributed by atoms with Crippen LogP contribution in [-0.4, -0.2) is 0 Å². The third-order valence-corrected chi connectivity index (χ3v) is 4.74. The molecule has 0 N–H and O–H groups in total. The smallest absolute Gasteiger partial charge is 0.0383 e. The predicted octanol–water partition coefficient (Wildman–Crippen LogP) is 3.61. The van der Waals surface area contributed by atoms with Crippen LogP contribution >= 0.6 is 0 Å². The van der Waals surface area contributed by atoms with E-state index >= 15 is 0 Å². The SMILES string of the molecule is C1CC2CC(C1)CC1CCC1C2. The Morgan fingerprint density at radius 2 is 1.17 bits per heavy atom. The highest BCUT2D eigenvalue weighted by atomic mass is 14.4. The molecule has 3 rings (SSSR count). The summed E-state index contributed by atoms with van der Waals surface area (Å²) in [5.74, 6) is 4.66. The van der Waals surface area contributed by atoms with Crippen LogP contribution in [-0.2, 0) is 0 Å². The summed E-state index contributed by atoms with van der Waals surface area (Å²) in [4.78, 5) is 0. The molecule has 0 aliphatic heterocycles. The molecule has 0 aromatic rings. The Kier molecular flexibility index (Phi) is 1.70. The maximum atomic E-state index is 1.61. The highest BCUT2D eigenvalue weighted by Crippen LogP contribution is 2.50. The third kappa shape index (κ3) is 1.11. The summed E-state index contributed by atoms with van der Waals surface area (Å²) >= 11 is 0. The first-order valence-corrected chi connectivity index (χ1v) is 5.92. The van der Waals surface area contributed by atoms with Gasteiger partial charge < -0.3 is 0 Å². The quantitative estimate of drug-likeness (QED) is 0.513. The summed E-state index contributed by atoms with van der Waals surface area (Å²) in [5.41, 5.74) is 0. The number of hydrogen-bond donors (Lipinski definition) is 0. The molecule has 0 heteroatoms. The van der Waals surface area contributed by atoms with Crippen LogP contribution in [0.4, 0.5) is 0 Å². The van der Waals surface area contributed by atoms with Gasteiger partial charge in [-0.25, -0.2) is 0 Å². The molecule has 0 amide bonds. The maximum Gasteiger partial charge on any atom is -0.0383 e. The molecule has 0 aromatic carbocycles. The van der Waals surface area contributed by atoms with Gasteiger partial charge in [0.1, 0.15) is 0 Å². The zero-order valence-electron chi connectivity index (χ0n) is 7.97. The molecule has 4 atom stereocenters. The first kappa shape index (κ1) is 7.41. The van der Waals surface area contributed by atoms with Crippen molar-refractivity contribution < 1.29 is 0 Å². The van der Waals surface area contributed by atoms with E-state index in [-0.39, 0.29) is 0 Å². The molecule has 4 unspecified atom stereocenters. The van der Waals surface area contributed by atoms with Crippen molar-refractivity contribution in [2.75, 3.05) is 0 Å². The van der Waals surface area contributed by atoms with Crippen LogP contribution in [0.15, 0.2) is 0 Å². The highest BCUT2D eigenvalue weighted by molar-refractivity contribution is 4.90. The Bertz CT molecular complexity index is 155. The van der Waals surface area contributed by atoms with Crippen LogP contribution < -0.4 is 0 Å². The van der Waals surface area contributed by atoms with E-state index in [0.29, 0.717) is 0 Å². The molecule has 0 aromatic heterocycles. The first-order chi connectivity index (χ1) is 5.92. The standard InChI is InChI=1S/C12H20/c1-2-9-6-10(3-1)8-12-5-4-11(12)7-9/h9-12H,1-8H2. The van der Waals surface area contributed by atoms with Gasteiger partial charge in [0.05, 0.1) is 0 Å². The fourth-order valence-corrected chi connectivity index (χ4v) is 3.95. The van der Waals surface area contributed by atoms with Gasteiger partial charge in [0.25, 0.3) is 0 Å². The summed E-state index contributed by atoms with van der Waals surface area (Å²) < 4.78 is 0. The third-order valence-electron chi connectivity index (χ3n) is 4.74. The molecule has 3 fully saturated rings. The zero-order chi connectivity index (χ0) is 7.97. The second-order valence-electron chi connectivity index (χ2n) is 5.47. The summed E-state index contributed by atoms with van der Waals surface area (Å²) in [6.07, 6.45) is 12.7. The first-order valence-electron chi connectivity index (χ1n) is 5.92. The Hall–Kier alpha value is 0. The second kappa shape index (κ2) is 2.75. The van der Waals surface area contributed by atoms with Crippen molar-refractivity contribution >= 4 is 0 Å². The summed E-state index contributed by atoms with van der Waals surface area (Å²) in [6.45, 7) is 0. The molecule has 0 heterocycles. The summed E-state index contributed by atoms with van der Waals surface area (Å²) in [5, 5.41) is 0. The van der Waals surface area contributed by atoms with Crippen LogP contribution in [0.2, 0.25) is 0 Å². The molecule has 12 heavy (non-hydrogen) atoms. The van der Waals surface area contributed by atoms with E-state index in [1.165, 1.54) is 11.8 Å². The molecular formula is C12H20. The second-order valence-corrected chi connectivity index (χ2v) is 5.47. The molecule has 3 aliphatic carbocycles. The van der Waals surface area contributed by atoms with E-state index < -0.39 is 0 Å². The van der Waals surface area contributed by atoms with Crippen molar-refractivity contribution in [1.29, 1.82) is 0 Å². The zero-order valence-corrected chi connectivity index (χ0v) is 7.97. The van der Waals surface area contributed by atoms with Crippen molar-refractivity contribution in [2.45, 2.75) is 51.4 Å². The minimum Gasteiger partial charge on any atom is -0.0528 e. The lowest BCUT2D eigenvalue weighted by Gasteiger charge is -2.36. The highest BCUT2D eigenvalue weighted by Gasteiger charge is 2.39. The average Bonchev–Trinajstić information content (AvgIpc) is 2.15. The molecule has 2 bridgehead atoms. The van der Waals surface area contributed by atoms with Crippen molar-refractivity contribution in [3.63, 3.8) is 0 Å². The van der Waals surface area contributed by atoms with Gasteiger partial charge in [-0.05, 0) is 55.8 Å². The van der Waals surface area contributed by atoms with Crippen molar-refractivity contribution in [3.05, 3.63) is 0 Å². The van der Waals surface area contributed by atoms with Crippen molar-refractivity contribution in [2.24, 2.45) is 23.7 Å². The maximum absolute atomic E-state index is 1.61. The Morgan fingerprint density at radius 3 is 1.67 bits per heavy atom. The average molecular weight is 164 g/mol. The predicted molar refractivity (Wildman–Crippen MR) is 50.9 cm³/mol. The van der Waals surface area contributed by atoms with E-state index in [1.807, 2.05) is 0 Å². The van der Waals surface area contributed by atoms with Crippen LogP contribution in [0.25, 0.3) is 0 Å². The number of rotatable bonds is 0. The van der Waals surface area contributed by atoms with Gasteiger partial charge in [0.15, 0.2) is 0 Å². The largest absolute Gasteiger partial charge is 0.0528 e. The lowest BCUT2D eigenvalue weighted by atomic mass is 9.69. The lowest BCUT2D eigenvalue weighted by Crippen LogP contribution is -2.25. The van der Waals surface area contributed by atoms with Crippen LogP contribution in [0.3, 0.4) is 0 Å². The van der Waals surface area contributed by atoms with Gasteiger partial charge in [0.2, 0.25) is 0 Å². The summed E-state index contributed by atoms with van der Waals surface area (Å²) in [7, 11) is 0. The monoisotopic (exact) mass is 164 g/mol. The minimum atomic E-state index is 1.15. The summed E-state index contributed by atoms with van der Waals surface area (Å²) in [6, 6.07) is 0. The Balaban J connectivity index is 1.76. The van der Waals surface area contributed by atoms with Crippen molar-refractivity contribution in [1.82, 2.24) is 0 Å².